The summed E-state index contributed by atoms with van der Waals surface area (Å²) in [6, 6.07) is 7.71. The number of nitrogen functional groups attached to an aromatic ring is 1. The molecule has 0 bridgehead atoms. The highest BCUT2D eigenvalue weighted by atomic mass is 35.5. The van der Waals surface area contributed by atoms with Gasteiger partial charge in [-0.2, -0.15) is 0 Å². The summed E-state index contributed by atoms with van der Waals surface area (Å²) in [7, 11) is 0. The molecular formula is C13H8ClN3O3S. The van der Waals surface area contributed by atoms with E-state index in [0.29, 0.717) is 27.9 Å². The normalized spacial score (nSPS) is 10.7. The molecule has 106 valence electrons. The van der Waals surface area contributed by atoms with Crippen LogP contribution in [-0.2, 0) is 0 Å². The second kappa shape index (κ2) is 5.19. The van der Waals surface area contributed by atoms with Crippen LogP contribution in [0.25, 0.3) is 22.8 Å². The summed E-state index contributed by atoms with van der Waals surface area (Å²) in [6.07, 6.45) is 0. The number of nitro groups is 1. The molecular weight excluding hydrogens is 314 g/mol. The van der Waals surface area contributed by atoms with E-state index in [1.807, 2.05) is 0 Å². The maximum absolute atomic E-state index is 10.7. The number of hydrogen-bond donors (Lipinski definition) is 1. The number of nitrogens with two attached hydrogens (primary N) is 1. The van der Waals surface area contributed by atoms with Crippen LogP contribution in [0.1, 0.15) is 0 Å². The Morgan fingerprint density at radius 1 is 1.29 bits per heavy atom. The number of rotatable bonds is 3. The third-order valence-electron chi connectivity index (χ3n) is 2.81. The van der Waals surface area contributed by atoms with Crippen molar-refractivity contribution in [2.24, 2.45) is 0 Å². The number of thiazole rings is 1. The summed E-state index contributed by atoms with van der Waals surface area (Å²) < 4.78 is 5.68. The van der Waals surface area contributed by atoms with Crippen molar-refractivity contribution in [1.82, 2.24) is 4.98 Å². The van der Waals surface area contributed by atoms with Crippen molar-refractivity contribution in [2.45, 2.75) is 0 Å². The van der Waals surface area contributed by atoms with E-state index in [1.165, 1.54) is 23.5 Å². The number of hydrogen-bond acceptors (Lipinski definition) is 6. The summed E-state index contributed by atoms with van der Waals surface area (Å²) in [4.78, 5) is 14.3. The zero-order valence-corrected chi connectivity index (χ0v) is 12.0. The van der Waals surface area contributed by atoms with Crippen molar-refractivity contribution >= 4 is 33.8 Å². The van der Waals surface area contributed by atoms with E-state index in [2.05, 4.69) is 4.98 Å². The van der Waals surface area contributed by atoms with Gasteiger partial charge in [0, 0.05) is 23.1 Å². The molecule has 1 aromatic carbocycles. The monoisotopic (exact) mass is 321 g/mol. The van der Waals surface area contributed by atoms with Crippen LogP contribution in [0.3, 0.4) is 0 Å². The second-order valence-corrected chi connectivity index (χ2v) is 5.45. The Hall–Kier alpha value is -2.38. The van der Waals surface area contributed by atoms with Gasteiger partial charge in [0.25, 0.3) is 5.69 Å². The van der Waals surface area contributed by atoms with Crippen LogP contribution >= 0.6 is 22.9 Å². The van der Waals surface area contributed by atoms with Crippen molar-refractivity contribution in [3.63, 3.8) is 0 Å². The maximum atomic E-state index is 10.7. The molecule has 0 aliphatic carbocycles. The molecule has 21 heavy (non-hydrogen) atoms. The molecule has 0 saturated carbocycles. The number of halogens is 1. The molecule has 0 aliphatic rings. The molecule has 0 unspecified atom stereocenters. The largest absolute Gasteiger partial charge is 0.454 e. The first-order valence-corrected chi connectivity index (χ1v) is 7.06. The minimum absolute atomic E-state index is 0.0668. The minimum atomic E-state index is -0.499. The Balaban J connectivity index is 1.98. The van der Waals surface area contributed by atoms with Crippen LogP contribution in [0.15, 0.2) is 40.1 Å². The summed E-state index contributed by atoms with van der Waals surface area (Å²) in [5.41, 5.74) is 6.74. The lowest BCUT2D eigenvalue weighted by Gasteiger charge is -2.00. The Kier molecular flexibility index (Phi) is 3.36. The standard InChI is InChI=1S/C13H8ClN3O3S/c14-9-5-7(17(18)19)1-2-8(9)11-3-4-12(20-11)10-6-21-13(15)16-10/h1-6H,(H2,15,16). The van der Waals surface area contributed by atoms with Crippen LogP contribution in [-0.4, -0.2) is 9.91 Å². The highest BCUT2D eigenvalue weighted by Crippen LogP contribution is 2.35. The van der Waals surface area contributed by atoms with Gasteiger partial charge in [0.2, 0.25) is 0 Å². The molecule has 2 heterocycles. The molecule has 0 radical (unpaired) electrons. The Morgan fingerprint density at radius 3 is 2.67 bits per heavy atom. The van der Waals surface area contributed by atoms with Crippen molar-refractivity contribution < 1.29 is 9.34 Å². The van der Waals surface area contributed by atoms with E-state index in [-0.39, 0.29) is 10.7 Å². The lowest BCUT2D eigenvalue weighted by molar-refractivity contribution is -0.384. The molecule has 2 N–H and O–H groups in total. The SMILES string of the molecule is Nc1nc(-c2ccc(-c3ccc([N+](=O)[O-])cc3Cl)o2)cs1. The van der Waals surface area contributed by atoms with Crippen molar-refractivity contribution in [3.8, 4) is 22.8 Å². The zero-order chi connectivity index (χ0) is 15.0. The maximum Gasteiger partial charge on any atom is 0.270 e. The van der Waals surface area contributed by atoms with Gasteiger partial charge in [-0.1, -0.05) is 11.6 Å². The number of non-ortho nitro benzene ring substituents is 1. The predicted molar refractivity (Wildman–Crippen MR) is 81.3 cm³/mol. The predicted octanol–water partition coefficient (Wildman–Crippen LogP) is 4.21. The van der Waals surface area contributed by atoms with Gasteiger partial charge in [-0.15, -0.1) is 11.3 Å². The Labute approximate surface area is 127 Å². The van der Waals surface area contributed by atoms with Crippen molar-refractivity contribution in [2.75, 3.05) is 5.73 Å². The first-order chi connectivity index (χ1) is 10.0. The molecule has 3 aromatic rings. The number of anilines is 1. The molecule has 0 saturated heterocycles. The highest BCUT2D eigenvalue weighted by Gasteiger charge is 2.15. The highest BCUT2D eigenvalue weighted by molar-refractivity contribution is 7.13. The summed E-state index contributed by atoms with van der Waals surface area (Å²) in [5.74, 6) is 1.07. The van der Waals surface area contributed by atoms with E-state index in [1.54, 1.807) is 23.6 Å². The van der Waals surface area contributed by atoms with E-state index < -0.39 is 4.92 Å². The van der Waals surface area contributed by atoms with E-state index in [4.69, 9.17) is 21.8 Å². The molecule has 0 atom stereocenters. The summed E-state index contributed by atoms with van der Waals surface area (Å²) >= 11 is 7.39. The molecule has 0 fully saturated rings. The van der Waals surface area contributed by atoms with E-state index in [9.17, 15) is 10.1 Å². The summed E-state index contributed by atoms with van der Waals surface area (Å²) in [5, 5.41) is 13.2. The van der Waals surface area contributed by atoms with Gasteiger partial charge in [-0.05, 0) is 18.2 Å². The average Bonchev–Trinajstić information content (AvgIpc) is 3.07. The Bertz CT molecular complexity index is 828. The van der Waals surface area contributed by atoms with Crippen molar-refractivity contribution in [3.05, 3.63) is 50.8 Å². The number of benzene rings is 1. The molecule has 3 rings (SSSR count). The van der Waals surface area contributed by atoms with Gasteiger partial charge in [-0.25, -0.2) is 4.98 Å². The number of furan rings is 1. The van der Waals surface area contributed by atoms with Gasteiger partial charge in [0.15, 0.2) is 10.9 Å². The fraction of sp³-hybridized carbons (Fsp3) is 0. The molecule has 0 aliphatic heterocycles. The Morgan fingerprint density at radius 2 is 2.05 bits per heavy atom. The smallest absolute Gasteiger partial charge is 0.270 e. The first-order valence-electron chi connectivity index (χ1n) is 5.80. The molecule has 0 spiro atoms. The van der Waals surface area contributed by atoms with Crippen LogP contribution in [0.2, 0.25) is 5.02 Å². The molecule has 8 heteroatoms. The second-order valence-electron chi connectivity index (χ2n) is 4.16. The van der Waals surface area contributed by atoms with Gasteiger partial charge in [-0.3, -0.25) is 10.1 Å². The van der Waals surface area contributed by atoms with Gasteiger partial charge in [0.1, 0.15) is 11.5 Å². The fourth-order valence-electron chi connectivity index (χ4n) is 1.84. The summed E-state index contributed by atoms with van der Waals surface area (Å²) in [6.45, 7) is 0. The van der Waals surface area contributed by atoms with Crippen LogP contribution < -0.4 is 5.73 Å². The van der Waals surface area contributed by atoms with Crippen molar-refractivity contribution in [1.29, 1.82) is 0 Å². The molecule has 0 amide bonds. The lowest BCUT2D eigenvalue weighted by Crippen LogP contribution is -1.88. The molecule has 6 nitrogen and oxygen atoms in total. The molecule has 2 aromatic heterocycles. The van der Waals surface area contributed by atoms with E-state index >= 15 is 0 Å². The van der Waals surface area contributed by atoms with Gasteiger partial charge < -0.3 is 10.2 Å². The number of aromatic nitrogens is 1. The quantitative estimate of drug-likeness (QED) is 0.575. The average molecular weight is 322 g/mol. The topological polar surface area (TPSA) is 95.2 Å². The first kappa shape index (κ1) is 13.6. The van der Waals surface area contributed by atoms with Crippen LogP contribution in [0.5, 0.6) is 0 Å². The van der Waals surface area contributed by atoms with Gasteiger partial charge >= 0.3 is 0 Å². The van der Waals surface area contributed by atoms with E-state index in [0.717, 1.165) is 0 Å². The van der Waals surface area contributed by atoms with Crippen LogP contribution in [0.4, 0.5) is 10.8 Å². The number of nitrogens with zero attached hydrogens (tertiary/aromatic N) is 2. The minimum Gasteiger partial charge on any atom is -0.454 e. The zero-order valence-electron chi connectivity index (χ0n) is 10.4. The number of nitro benzene ring substituents is 1. The fourth-order valence-corrected chi connectivity index (χ4v) is 2.66. The lowest BCUT2D eigenvalue weighted by atomic mass is 10.1. The third-order valence-corrected chi connectivity index (χ3v) is 3.80. The third kappa shape index (κ3) is 2.61. The van der Waals surface area contributed by atoms with Gasteiger partial charge in [0.05, 0.1) is 9.95 Å². The van der Waals surface area contributed by atoms with Crippen LogP contribution in [0, 0.1) is 10.1 Å².